The fraction of sp³-hybridized carbons (Fsp3) is 0.850. The van der Waals surface area contributed by atoms with Gasteiger partial charge in [0.15, 0.2) is 11.3 Å². The number of likely N-dealkylation sites (tertiary alicyclic amines) is 1. The van der Waals surface area contributed by atoms with E-state index in [9.17, 15) is 19.5 Å². The summed E-state index contributed by atoms with van der Waals surface area (Å²) in [7, 11) is 0. The van der Waals surface area contributed by atoms with Crippen LogP contribution in [-0.4, -0.2) is 52.3 Å². The predicted molar refractivity (Wildman–Crippen MR) is 100.0 cm³/mol. The van der Waals surface area contributed by atoms with Gasteiger partial charge >= 0.3 is 5.97 Å². The molecule has 6 heteroatoms. The molecule has 6 nitrogen and oxygen atoms in total. The van der Waals surface area contributed by atoms with Gasteiger partial charge in [-0.15, -0.1) is 0 Å². The normalized spacial score (nSPS) is 25.6. The van der Waals surface area contributed by atoms with Crippen LogP contribution < -0.4 is 5.32 Å². The molecular formula is C20H34N2O4. The zero-order valence-corrected chi connectivity index (χ0v) is 16.1. The van der Waals surface area contributed by atoms with E-state index in [2.05, 4.69) is 12.2 Å². The van der Waals surface area contributed by atoms with E-state index >= 15 is 0 Å². The van der Waals surface area contributed by atoms with Crippen LogP contribution in [0.5, 0.6) is 0 Å². The maximum atomic E-state index is 12.9. The monoisotopic (exact) mass is 366 g/mol. The molecule has 0 saturated carbocycles. The summed E-state index contributed by atoms with van der Waals surface area (Å²) in [5, 5.41) is 13.0. The number of hydrogen-bond donors (Lipinski definition) is 2. The molecule has 0 aromatic heterocycles. The predicted octanol–water partition coefficient (Wildman–Crippen LogP) is 2.89. The molecule has 2 aliphatic heterocycles. The molecule has 2 N–H and O–H groups in total. The fourth-order valence-electron chi connectivity index (χ4n) is 4.28. The second kappa shape index (κ2) is 10.0. The summed E-state index contributed by atoms with van der Waals surface area (Å²) in [5.41, 5.74) is -1.64. The molecule has 0 bridgehead atoms. The van der Waals surface area contributed by atoms with Crippen molar-refractivity contribution in [2.75, 3.05) is 13.1 Å². The number of Topliss-reactive ketones (excluding diaryl/α,β-unsaturated/α-hetero) is 1. The number of amides is 1. The molecule has 26 heavy (non-hydrogen) atoms. The number of rotatable bonds is 11. The van der Waals surface area contributed by atoms with E-state index in [0.717, 1.165) is 32.2 Å². The summed E-state index contributed by atoms with van der Waals surface area (Å²) in [4.78, 5) is 39.1. The maximum Gasteiger partial charge on any atom is 0.337 e. The van der Waals surface area contributed by atoms with Gasteiger partial charge in [-0.25, -0.2) is 4.79 Å². The summed E-state index contributed by atoms with van der Waals surface area (Å²) in [5.74, 6) is -1.66. The van der Waals surface area contributed by atoms with E-state index in [1.807, 2.05) is 0 Å². The Bertz CT molecular complexity index is 502. The number of unbranched alkanes of at least 4 members (excludes halogenated alkanes) is 6. The number of nitrogens with zero attached hydrogens (tertiary/aromatic N) is 1. The van der Waals surface area contributed by atoms with Crippen LogP contribution in [0.15, 0.2) is 0 Å². The highest BCUT2D eigenvalue weighted by Crippen LogP contribution is 2.34. The second-order valence-electron chi connectivity index (χ2n) is 7.70. The third-order valence-corrected chi connectivity index (χ3v) is 5.83. The van der Waals surface area contributed by atoms with Crippen molar-refractivity contribution in [3.63, 3.8) is 0 Å². The van der Waals surface area contributed by atoms with Crippen molar-refractivity contribution in [2.45, 2.75) is 95.6 Å². The lowest BCUT2D eigenvalue weighted by atomic mass is 9.87. The van der Waals surface area contributed by atoms with Crippen LogP contribution >= 0.6 is 0 Å². The number of ketones is 1. The Hall–Kier alpha value is -1.43. The largest absolute Gasteiger partial charge is 0.479 e. The standard InChI is InChI=1S/C20H34N2O4/c1-2-3-4-5-6-7-8-12-17(23)20(19(25)26)13-10-15-22(20)18(24)16-11-9-14-21-16/h16,21H,2-15H2,1H3,(H,25,26). The summed E-state index contributed by atoms with van der Waals surface area (Å²) >= 11 is 0. The van der Waals surface area contributed by atoms with Crippen LogP contribution in [0, 0.1) is 0 Å². The molecule has 2 heterocycles. The molecule has 2 unspecified atom stereocenters. The lowest BCUT2D eigenvalue weighted by molar-refractivity contribution is -0.162. The molecular weight excluding hydrogens is 332 g/mol. The molecule has 2 fully saturated rings. The van der Waals surface area contributed by atoms with Crippen molar-refractivity contribution < 1.29 is 19.5 Å². The molecule has 2 saturated heterocycles. The second-order valence-corrected chi connectivity index (χ2v) is 7.70. The number of carboxylic acid groups (broad SMARTS) is 1. The van der Waals surface area contributed by atoms with Crippen molar-refractivity contribution >= 4 is 17.7 Å². The molecule has 0 spiro atoms. The van der Waals surface area contributed by atoms with Gasteiger partial charge in [-0.1, -0.05) is 45.4 Å². The number of nitrogens with one attached hydrogen (secondary N) is 1. The van der Waals surface area contributed by atoms with Crippen LogP contribution in [0.3, 0.4) is 0 Å². The Balaban J connectivity index is 1.93. The minimum Gasteiger partial charge on any atom is -0.479 e. The summed E-state index contributed by atoms with van der Waals surface area (Å²) in [6.07, 6.45) is 10.3. The highest BCUT2D eigenvalue weighted by atomic mass is 16.4. The molecule has 0 radical (unpaired) electrons. The van der Waals surface area contributed by atoms with Crippen molar-refractivity contribution in [1.82, 2.24) is 10.2 Å². The van der Waals surface area contributed by atoms with Crippen LogP contribution in [0.1, 0.15) is 84.0 Å². The summed E-state index contributed by atoms with van der Waals surface area (Å²) in [6.45, 7) is 3.32. The van der Waals surface area contributed by atoms with Gasteiger partial charge in [0.05, 0.1) is 6.04 Å². The first kappa shape index (κ1) is 20.9. The topological polar surface area (TPSA) is 86.7 Å². The molecule has 2 atom stereocenters. The van der Waals surface area contributed by atoms with Gasteiger partial charge in [0.25, 0.3) is 0 Å². The van der Waals surface area contributed by atoms with Gasteiger partial charge < -0.3 is 15.3 Å². The Morgan fingerprint density at radius 3 is 2.38 bits per heavy atom. The smallest absolute Gasteiger partial charge is 0.337 e. The van der Waals surface area contributed by atoms with E-state index in [4.69, 9.17) is 0 Å². The lowest BCUT2D eigenvalue weighted by Crippen LogP contribution is -2.61. The summed E-state index contributed by atoms with van der Waals surface area (Å²) < 4.78 is 0. The minimum absolute atomic E-state index is 0.213. The number of aliphatic carboxylic acids is 1. The van der Waals surface area contributed by atoms with Crippen LogP contribution in [0.4, 0.5) is 0 Å². The van der Waals surface area contributed by atoms with E-state index in [0.29, 0.717) is 19.4 Å². The summed E-state index contributed by atoms with van der Waals surface area (Å²) in [6, 6.07) is -0.335. The first-order valence-electron chi connectivity index (χ1n) is 10.4. The zero-order valence-electron chi connectivity index (χ0n) is 16.1. The first-order chi connectivity index (χ1) is 12.5. The minimum atomic E-state index is -1.64. The van der Waals surface area contributed by atoms with E-state index in [-0.39, 0.29) is 30.6 Å². The van der Waals surface area contributed by atoms with Crippen molar-refractivity contribution in [3.8, 4) is 0 Å². The Morgan fingerprint density at radius 1 is 1.08 bits per heavy atom. The number of hydrogen-bond acceptors (Lipinski definition) is 4. The Morgan fingerprint density at radius 2 is 1.77 bits per heavy atom. The lowest BCUT2D eigenvalue weighted by Gasteiger charge is -2.35. The third-order valence-electron chi connectivity index (χ3n) is 5.83. The quantitative estimate of drug-likeness (QED) is 0.434. The molecule has 0 aromatic rings. The van der Waals surface area contributed by atoms with E-state index in [1.165, 1.54) is 30.6 Å². The molecule has 0 aromatic carbocycles. The average Bonchev–Trinajstić information content (AvgIpc) is 3.30. The van der Waals surface area contributed by atoms with Gasteiger partial charge in [-0.2, -0.15) is 0 Å². The number of carbonyl (C=O) groups is 3. The van der Waals surface area contributed by atoms with Gasteiger partial charge in [-0.3, -0.25) is 9.59 Å². The molecule has 148 valence electrons. The molecule has 0 aliphatic carbocycles. The molecule has 2 aliphatic rings. The van der Waals surface area contributed by atoms with Gasteiger partial charge in [-0.05, 0) is 38.6 Å². The van der Waals surface area contributed by atoms with Gasteiger partial charge in [0.2, 0.25) is 5.91 Å². The first-order valence-corrected chi connectivity index (χ1v) is 10.4. The molecule has 1 amide bonds. The van der Waals surface area contributed by atoms with Crippen LogP contribution in [0.2, 0.25) is 0 Å². The number of carboxylic acids is 1. The van der Waals surface area contributed by atoms with E-state index in [1.54, 1.807) is 0 Å². The highest BCUT2D eigenvalue weighted by molar-refractivity contribution is 6.11. The third kappa shape index (κ3) is 4.64. The molecule has 2 rings (SSSR count). The SMILES string of the molecule is CCCCCCCCCC(=O)C1(C(=O)O)CCCN1C(=O)C1CCCN1. The van der Waals surface area contributed by atoms with Crippen LogP contribution in [-0.2, 0) is 14.4 Å². The Kier molecular flexibility index (Phi) is 8.07. The van der Waals surface area contributed by atoms with Gasteiger partial charge in [0.1, 0.15) is 0 Å². The zero-order chi connectivity index (χ0) is 19.0. The van der Waals surface area contributed by atoms with Crippen LogP contribution in [0.25, 0.3) is 0 Å². The van der Waals surface area contributed by atoms with Gasteiger partial charge in [0, 0.05) is 13.0 Å². The fourth-order valence-corrected chi connectivity index (χ4v) is 4.28. The number of carbonyl (C=O) groups excluding carboxylic acids is 2. The Labute approximate surface area is 156 Å². The maximum absolute atomic E-state index is 12.9. The highest BCUT2D eigenvalue weighted by Gasteiger charge is 2.55. The van der Waals surface area contributed by atoms with Crippen molar-refractivity contribution in [2.24, 2.45) is 0 Å². The van der Waals surface area contributed by atoms with Crippen molar-refractivity contribution in [3.05, 3.63) is 0 Å². The average molecular weight is 367 g/mol. The van der Waals surface area contributed by atoms with Crippen molar-refractivity contribution in [1.29, 1.82) is 0 Å². The van der Waals surface area contributed by atoms with E-state index < -0.39 is 11.5 Å².